The number of hydrogen-bond acceptors (Lipinski definition) is 3. The Kier molecular flexibility index (Phi) is 4.55. The van der Waals surface area contributed by atoms with Crippen molar-refractivity contribution in [2.45, 2.75) is 26.3 Å². The lowest BCUT2D eigenvalue weighted by Gasteiger charge is -2.38. The lowest BCUT2D eigenvalue weighted by atomic mass is 9.80. The Balaban J connectivity index is 1.60. The molecule has 2 aromatic rings. The average Bonchev–Trinajstić information content (AvgIpc) is 2.80. The molecule has 1 aliphatic heterocycles. The highest BCUT2D eigenvalue weighted by molar-refractivity contribution is 7.19. The summed E-state index contributed by atoms with van der Waals surface area (Å²) in [5.41, 5.74) is 0.426. The van der Waals surface area contributed by atoms with Gasteiger partial charge in [0.2, 0.25) is 0 Å². The van der Waals surface area contributed by atoms with Crippen LogP contribution in [0.5, 0.6) is 0 Å². The van der Waals surface area contributed by atoms with Gasteiger partial charge in [-0.15, -0.1) is 11.3 Å². The van der Waals surface area contributed by atoms with Gasteiger partial charge in [0.05, 0.1) is 5.02 Å². The van der Waals surface area contributed by atoms with Crippen LogP contribution in [0.1, 0.15) is 24.6 Å². The van der Waals surface area contributed by atoms with Gasteiger partial charge in [-0.3, -0.25) is 0 Å². The van der Waals surface area contributed by atoms with Crippen molar-refractivity contribution >= 4 is 33.0 Å². The van der Waals surface area contributed by atoms with Crippen molar-refractivity contribution in [1.29, 1.82) is 0 Å². The summed E-state index contributed by atoms with van der Waals surface area (Å²) in [6.45, 7) is 6.78. The molecule has 3 rings (SSSR count). The van der Waals surface area contributed by atoms with Gasteiger partial charge in [-0.2, -0.15) is 0 Å². The molecule has 114 valence electrons. The summed E-state index contributed by atoms with van der Waals surface area (Å²) in [6, 6.07) is 8.38. The van der Waals surface area contributed by atoms with E-state index in [-0.39, 0.29) is 0 Å². The zero-order valence-corrected chi connectivity index (χ0v) is 14.4. The van der Waals surface area contributed by atoms with Crippen molar-refractivity contribution in [3.05, 3.63) is 34.2 Å². The van der Waals surface area contributed by atoms with Crippen LogP contribution in [-0.2, 0) is 6.54 Å². The molecular formula is C17H23ClN2S. The van der Waals surface area contributed by atoms with Crippen LogP contribution in [0.25, 0.3) is 10.1 Å². The van der Waals surface area contributed by atoms with Crippen molar-refractivity contribution in [3.8, 4) is 0 Å². The van der Waals surface area contributed by atoms with E-state index >= 15 is 0 Å². The molecule has 2 heterocycles. The molecule has 4 heteroatoms. The number of halogens is 1. The first-order valence-electron chi connectivity index (χ1n) is 7.63. The number of benzene rings is 1. The van der Waals surface area contributed by atoms with E-state index in [0.29, 0.717) is 5.41 Å². The smallest absolute Gasteiger partial charge is 0.0636 e. The molecule has 0 spiro atoms. The van der Waals surface area contributed by atoms with Gasteiger partial charge in [-0.1, -0.05) is 36.7 Å². The van der Waals surface area contributed by atoms with Crippen LogP contribution in [0.15, 0.2) is 24.3 Å². The Hall–Kier alpha value is -0.610. The molecule has 0 unspecified atom stereocenters. The molecule has 1 aliphatic rings. The Bertz CT molecular complexity index is 614. The predicted molar refractivity (Wildman–Crippen MR) is 93.4 cm³/mol. The fourth-order valence-corrected chi connectivity index (χ4v) is 4.46. The van der Waals surface area contributed by atoms with E-state index in [2.05, 4.69) is 48.5 Å². The Morgan fingerprint density at radius 2 is 2.00 bits per heavy atom. The van der Waals surface area contributed by atoms with Crippen LogP contribution in [0, 0.1) is 5.41 Å². The first-order valence-corrected chi connectivity index (χ1v) is 8.82. The van der Waals surface area contributed by atoms with E-state index in [1.165, 1.54) is 40.9 Å². The van der Waals surface area contributed by atoms with Gasteiger partial charge in [-0.05, 0) is 44.5 Å². The highest BCUT2D eigenvalue weighted by Crippen LogP contribution is 2.35. The van der Waals surface area contributed by atoms with Crippen molar-refractivity contribution in [3.63, 3.8) is 0 Å². The molecule has 21 heavy (non-hydrogen) atoms. The van der Waals surface area contributed by atoms with Crippen LogP contribution < -0.4 is 5.32 Å². The number of thiophene rings is 1. The number of hydrogen-bond donors (Lipinski definition) is 1. The Morgan fingerprint density at radius 3 is 2.71 bits per heavy atom. The van der Waals surface area contributed by atoms with E-state index in [1.54, 1.807) is 0 Å². The average molecular weight is 323 g/mol. The molecule has 0 bridgehead atoms. The standard InChI is InChI=1S/C17H23ClN2S/c1-17(7-9-20(2)10-8-17)12-19-11-15-16(18)13-5-3-4-6-14(13)21-15/h3-6,19H,7-12H2,1-2H3. The minimum atomic E-state index is 0.426. The van der Waals surface area contributed by atoms with Gasteiger partial charge in [0.1, 0.15) is 0 Å². The summed E-state index contributed by atoms with van der Waals surface area (Å²) >= 11 is 8.30. The monoisotopic (exact) mass is 322 g/mol. The molecule has 1 aromatic carbocycles. The fourth-order valence-electron chi connectivity index (χ4n) is 2.99. The summed E-state index contributed by atoms with van der Waals surface area (Å²) < 4.78 is 1.28. The number of rotatable bonds is 4. The van der Waals surface area contributed by atoms with Crippen LogP contribution in [0.2, 0.25) is 5.02 Å². The minimum absolute atomic E-state index is 0.426. The highest BCUT2D eigenvalue weighted by atomic mass is 35.5. The molecule has 0 aliphatic carbocycles. The summed E-state index contributed by atoms with van der Waals surface area (Å²) in [5.74, 6) is 0. The third-order valence-electron chi connectivity index (χ3n) is 4.63. The molecule has 1 fully saturated rings. The van der Waals surface area contributed by atoms with Gasteiger partial charge in [0, 0.05) is 28.1 Å². The molecule has 1 aromatic heterocycles. The van der Waals surface area contributed by atoms with Gasteiger partial charge in [0.25, 0.3) is 0 Å². The summed E-state index contributed by atoms with van der Waals surface area (Å²) in [5, 5.41) is 5.75. The van der Waals surface area contributed by atoms with Crippen LogP contribution in [-0.4, -0.2) is 31.6 Å². The second-order valence-electron chi connectivity index (χ2n) is 6.55. The van der Waals surface area contributed by atoms with E-state index in [1.807, 2.05) is 11.3 Å². The molecular weight excluding hydrogens is 300 g/mol. The number of nitrogens with zero attached hydrogens (tertiary/aromatic N) is 1. The van der Waals surface area contributed by atoms with E-state index in [0.717, 1.165) is 18.1 Å². The molecule has 0 atom stereocenters. The van der Waals surface area contributed by atoms with Gasteiger partial charge >= 0.3 is 0 Å². The lowest BCUT2D eigenvalue weighted by molar-refractivity contribution is 0.137. The highest BCUT2D eigenvalue weighted by Gasteiger charge is 2.28. The van der Waals surface area contributed by atoms with Crippen molar-refractivity contribution < 1.29 is 0 Å². The zero-order valence-electron chi connectivity index (χ0n) is 12.8. The normalized spacial score (nSPS) is 19.2. The summed E-state index contributed by atoms with van der Waals surface area (Å²) in [7, 11) is 2.21. The maximum atomic E-state index is 6.50. The largest absolute Gasteiger partial charge is 0.311 e. The number of likely N-dealkylation sites (tertiary alicyclic amines) is 1. The topological polar surface area (TPSA) is 15.3 Å². The SMILES string of the molecule is CN1CCC(C)(CNCc2sc3ccccc3c2Cl)CC1. The zero-order chi connectivity index (χ0) is 14.9. The summed E-state index contributed by atoms with van der Waals surface area (Å²) in [6.07, 6.45) is 2.55. The molecule has 2 nitrogen and oxygen atoms in total. The molecule has 1 saturated heterocycles. The van der Waals surface area contributed by atoms with Gasteiger partial charge in [-0.25, -0.2) is 0 Å². The number of piperidine rings is 1. The molecule has 1 N–H and O–H groups in total. The van der Waals surface area contributed by atoms with Crippen LogP contribution in [0.3, 0.4) is 0 Å². The van der Waals surface area contributed by atoms with Crippen molar-refractivity contribution in [1.82, 2.24) is 10.2 Å². The fraction of sp³-hybridized carbons (Fsp3) is 0.529. The van der Waals surface area contributed by atoms with Crippen LogP contribution in [0.4, 0.5) is 0 Å². The first-order chi connectivity index (χ1) is 10.1. The van der Waals surface area contributed by atoms with Gasteiger partial charge in [0.15, 0.2) is 0 Å². The quantitative estimate of drug-likeness (QED) is 0.898. The van der Waals surface area contributed by atoms with E-state index < -0.39 is 0 Å². The van der Waals surface area contributed by atoms with Crippen LogP contribution >= 0.6 is 22.9 Å². The number of fused-ring (bicyclic) bond motifs is 1. The minimum Gasteiger partial charge on any atom is -0.311 e. The maximum absolute atomic E-state index is 6.50. The molecule has 0 amide bonds. The van der Waals surface area contributed by atoms with E-state index in [9.17, 15) is 0 Å². The van der Waals surface area contributed by atoms with Crippen molar-refractivity contribution in [2.75, 3.05) is 26.7 Å². The summed E-state index contributed by atoms with van der Waals surface area (Å²) in [4.78, 5) is 3.68. The Labute approximate surface area is 136 Å². The lowest BCUT2D eigenvalue weighted by Crippen LogP contribution is -2.41. The Morgan fingerprint density at radius 1 is 1.29 bits per heavy atom. The number of nitrogens with one attached hydrogen (secondary N) is 1. The predicted octanol–water partition coefficient (Wildman–Crippen LogP) is 4.38. The second kappa shape index (κ2) is 6.25. The van der Waals surface area contributed by atoms with Gasteiger partial charge < -0.3 is 10.2 Å². The van der Waals surface area contributed by atoms with E-state index in [4.69, 9.17) is 11.6 Å². The molecule has 0 radical (unpaired) electrons. The third-order valence-corrected chi connectivity index (χ3v) is 6.35. The second-order valence-corrected chi connectivity index (χ2v) is 8.07. The van der Waals surface area contributed by atoms with Crippen molar-refractivity contribution in [2.24, 2.45) is 5.41 Å². The maximum Gasteiger partial charge on any atom is 0.0636 e. The first kappa shape index (κ1) is 15.3. The molecule has 0 saturated carbocycles. The third kappa shape index (κ3) is 3.42.